The lowest BCUT2D eigenvalue weighted by atomic mass is 9.76. The Bertz CT molecular complexity index is 1110. The van der Waals surface area contributed by atoms with Crippen LogP contribution in [-0.4, -0.2) is 56.6 Å². The number of nitrogens with one attached hydrogen (secondary N) is 1. The first-order chi connectivity index (χ1) is 18.2. The van der Waals surface area contributed by atoms with Crippen molar-refractivity contribution in [1.82, 2.24) is 9.62 Å². The van der Waals surface area contributed by atoms with E-state index in [2.05, 4.69) is 29.0 Å². The summed E-state index contributed by atoms with van der Waals surface area (Å²) in [7, 11) is 0. The Morgan fingerprint density at radius 1 is 1.05 bits per heavy atom. The van der Waals surface area contributed by atoms with Crippen LogP contribution in [0.5, 0.6) is 0 Å². The van der Waals surface area contributed by atoms with E-state index in [-0.39, 0.29) is 19.0 Å². The molecule has 2 aromatic rings. The average molecular weight is 557 g/mol. The van der Waals surface area contributed by atoms with E-state index < -0.39 is 39.4 Å². The van der Waals surface area contributed by atoms with E-state index in [1.807, 2.05) is 71.9 Å². The van der Waals surface area contributed by atoms with E-state index in [0.29, 0.717) is 25.8 Å². The largest absolute Gasteiger partial charge is 0.598 e. The van der Waals surface area contributed by atoms with Gasteiger partial charge in [-0.1, -0.05) is 54.6 Å². The summed E-state index contributed by atoms with van der Waals surface area (Å²) >= 11 is -1.49. The van der Waals surface area contributed by atoms with Gasteiger partial charge in [0.05, 0.1) is 24.6 Å². The van der Waals surface area contributed by atoms with Crippen LogP contribution in [-0.2, 0) is 32.1 Å². The van der Waals surface area contributed by atoms with Crippen LogP contribution in [0, 0.1) is 0 Å². The SMILES string of the molecule is CCOC(=O)C[C@]1(N[S@+]([O-])C(C)(C)C)CCCN(C(=O)OC(C)(C)C)[C@@H]1Cc1cccc(-c2ccccc2)c1. The molecule has 3 atom stereocenters. The minimum absolute atomic E-state index is 0.00893. The summed E-state index contributed by atoms with van der Waals surface area (Å²) in [6, 6.07) is 17.8. The molecule has 2 aromatic carbocycles. The van der Waals surface area contributed by atoms with Gasteiger partial charge in [0.2, 0.25) is 0 Å². The number of carbonyl (C=O) groups excluding carboxylic acids is 2. The number of hydrogen-bond donors (Lipinski definition) is 1. The Morgan fingerprint density at radius 3 is 2.33 bits per heavy atom. The summed E-state index contributed by atoms with van der Waals surface area (Å²) in [5.41, 5.74) is 1.51. The Labute approximate surface area is 237 Å². The second-order valence-electron chi connectivity index (χ2n) is 12.2. The van der Waals surface area contributed by atoms with Crippen molar-refractivity contribution >= 4 is 23.4 Å². The fourth-order valence-corrected chi connectivity index (χ4v) is 5.92. The highest BCUT2D eigenvalue weighted by molar-refractivity contribution is 7.90. The monoisotopic (exact) mass is 556 g/mol. The summed E-state index contributed by atoms with van der Waals surface area (Å²) in [5.74, 6) is -0.384. The lowest BCUT2D eigenvalue weighted by molar-refractivity contribution is -0.146. The summed E-state index contributed by atoms with van der Waals surface area (Å²) in [6.45, 7) is 13.7. The lowest BCUT2D eigenvalue weighted by Crippen LogP contribution is -2.69. The minimum atomic E-state index is -1.49. The van der Waals surface area contributed by atoms with Crippen molar-refractivity contribution in [1.29, 1.82) is 0 Å². The fraction of sp³-hybridized carbons (Fsp3) is 0.548. The Morgan fingerprint density at radius 2 is 1.72 bits per heavy atom. The molecule has 0 radical (unpaired) electrons. The molecule has 1 heterocycles. The van der Waals surface area contributed by atoms with Gasteiger partial charge in [0.1, 0.15) is 10.3 Å². The number of carbonyl (C=O) groups is 2. The third-order valence-corrected chi connectivity index (χ3v) is 8.45. The van der Waals surface area contributed by atoms with E-state index in [1.54, 1.807) is 11.8 Å². The first-order valence-corrected chi connectivity index (χ1v) is 14.9. The van der Waals surface area contributed by atoms with Crippen LogP contribution in [0.25, 0.3) is 11.1 Å². The van der Waals surface area contributed by atoms with Crippen molar-refractivity contribution in [2.24, 2.45) is 0 Å². The maximum Gasteiger partial charge on any atom is 0.410 e. The number of amides is 1. The third kappa shape index (κ3) is 8.47. The molecule has 1 saturated heterocycles. The van der Waals surface area contributed by atoms with Gasteiger partial charge in [0.15, 0.2) is 0 Å². The number of likely N-dealkylation sites (tertiary alicyclic amines) is 1. The Hall–Kier alpha value is -2.55. The smallest absolute Gasteiger partial charge is 0.410 e. The second kappa shape index (κ2) is 12.7. The van der Waals surface area contributed by atoms with Gasteiger partial charge < -0.3 is 18.9 Å². The number of rotatable bonds is 8. The molecule has 0 aromatic heterocycles. The molecule has 1 aliphatic heterocycles. The number of ether oxygens (including phenoxy) is 2. The van der Waals surface area contributed by atoms with Crippen molar-refractivity contribution < 1.29 is 23.6 Å². The number of benzene rings is 2. The first kappa shape index (κ1) is 31.0. The van der Waals surface area contributed by atoms with Crippen LogP contribution in [0.3, 0.4) is 0 Å². The first-order valence-electron chi connectivity index (χ1n) is 13.7. The quantitative estimate of drug-likeness (QED) is 0.315. The molecule has 0 unspecified atom stereocenters. The Kier molecular flexibility index (Phi) is 10.1. The maximum atomic E-state index is 13.6. The molecule has 0 aliphatic carbocycles. The van der Waals surface area contributed by atoms with Gasteiger partial charge in [-0.05, 0) is 84.4 Å². The molecule has 7 nitrogen and oxygen atoms in total. The van der Waals surface area contributed by atoms with Crippen LogP contribution >= 0.6 is 0 Å². The molecule has 1 N–H and O–H groups in total. The summed E-state index contributed by atoms with van der Waals surface area (Å²) in [5, 5.41) is 0. The van der Waals surface area contributed by atoms with Crippen LogP contribution in [0.2, 0.25) is 0 Å². The zero-order valence-electron chi connectivity index (χ0n) is 24.4. The summed E-state index contributed by atoms with van der Waals surface area (Å²) in [4.78, 5) is 28.3. The van der Waals surface area contributed by atoms with Gasteiger partial charge >= 0.3 is 12.1 Å². The van der Waals surface area contributed by atoms with Crippen molar-refractivity contribution in [2.75, 3.05) is 13.2 Å². The Balaban J connectivity index is 2.09. The molecule has 1 amide bonds. The van der Waals surface area contributed by atoms with E-state index in [9.17, 15) is 14.1 Å². The van der Waals surface area contributed by atoms with Crippen molar-refractivity contribution in [3.05, 3.63) is 60.2 Å². The van der Waals surface area contributed by atoms with Crippen molar-refractivity contribution in [3.8, 4) is 11.1 Å². The van der Waals surface area contributed by atoms with Gasteiger partial charge in [0.25, 0.3) is 0 Å². The van der Waals surface area contributed by atoms with Crippen LogP contribution in [0.4, 0.5) is 4.79 Å². The predicted octanol–water partition coefficient (Wildman–Crippen LogP) is 6.04. The van der Waals surface area contributed by atoms with E-state index in [1.165, 1.54) is 0 Å². The molecule has 0 bridgehead atoms. The van der Waals surface area contributed by atoms with Gasteiger partial charge in [-0.15, -0.1) is 4.72 Å². The molecular weight excluding hydrogens is 512 g/mol. The molecule has 1 fully saturated rings. The summed E-state index contributed by atoms with van der Waals surface area (Å²) < 4.78 is 27.5. The van der Waals surface area contributed by atoms with E-state index in [0.717, 1.165) is 16.7 Å². The highest BCUT2D eigenvalue weighted by Gasteiger charge is 2.52. The average Bonchev–Trinajstić information content (AvgIpc) is 2.84. The minimum Gasteiger partial charge on any atom is -0.598 e. The lowest BCUT2D eigenvalue weighted by Gasteiger charge is -2.50. The number of hydrogen-bond acceptors (Lipinski definition) is 6. The second-order valence-corrected chi connectivity index (χ2v) is 14.2. The number of piperidine rings is 1. The van der Waals surface area contributed by atoms with Crippen LogP contribution in [0.15, 0.2) is 54.6 Å². The molecule has 8 heteroatoms. The maximum absolute atomic E-state index is 13.6. The molecule has 0 spiro atoms. The van der Waals surface area contributed by atoms with Gasteiger partial charge in [-0.2, -0.15) is 0 Å². The predicted molar refractivity (Wildman–Crippen MR) is 157 cm³/mol. The molecular formula is C31H44N2O5S. The molecule has 3 rings (SSSR count). The molecule has 214 valence electrons. The molecule has 39 heavy (non-hydrogen) atoms. The van der Waals surface area contributed by atoms with Gasteiger partial charge in [0, 0.05) is 17.9 Å². The van der Waals surface area contributed by atoms with E-state index >= 15 is 0 Å². The molecule has 1 aliphatic rings. The third-order valence-electron chi connectivity index (χ3n) is 6.74. The standard InChI is InChI=1S/C31H44N2O5S/c1-8-37-27(34)22-31(32-39(36)30(5,6)7)18-13-19-33(28(35)38-29(2,3)4)26(31)21-23-14-12-17-25(20-23)24-15-10-9-11-16-24/h9-12,14-17,20,26,32H,8,13,18-19,21-22H2,1-7H3/t26-,31-,39-/m1/s1. The van der Waals surface area contributed by atoms with Crippen molar-refractivity contribution in [2.45, 2.75) is 96.1 Å². The van der Waals surface area contributed by atoms with Crippen molar-refractivity contribution in [3.63, 3.8) is 0 Å². The normalized spacial score (nSPS) is 20.8. The van der Waals surface area contributed by atoms with Crippen LogP contribution < -0.4 is 4.72 Å². The molecule has 0 saturated carbocycles. The van der Waals surface area contributed by atoms with Gasteiger partial charge in [-0.25, -0.2) is 4.79 Å². The highest BCUT2D eigenvalue weighted by atomic mass is 32.2. The summed E-state index contributed by atoms with van der Waals surface area (Å²) in [6.07, 6.45) is 1.20. The zero-order valence-corrected chi connectivity index (χ0v) is 25.2. The number of esters is 1. The van der Waals surface area contributed by atoms with Crippen LogP contribution in [0.1, 0.15) is 73.3 Å². The van der Waals surface area contributed by atoms with E-state index in [4.69, 9.17) is 9.47 Å². The zero-order chi connectivity index (χ0) is 28.8. The topological polar surface area (TPSA) is 90.9 Å². The van der Waals surface area contributed by atoms with Gasteiger partial charge in [-0.3, -0.25) is 4.79 Å². The fourth-order valence-electron chi connectivity index (χ4n) is 4.93. The highest BCUT2D eigenvalue weighted by Crippen LogP contribution is 2.37. The number of nitrogens with zero attached hydrogens (tertiary/aromatic N) is 1.